The van der Waals surface area contributed by atoms with Crippen LogP contribution in [-0.4, -0.2) is 67.7 Å². The van der Waals surface area contributed by atoms with Gasteiger partial charge in [-0.25, -0.2) is 18.4 Å². The maximum Gasteiger partial charge on any atom is 0.235 e. The lowest BCUT2D eigenvalue weighted by atomic mass is 10.2. The molecule has 2 aromatic heterocycles. The van der Waals surface area contributed by atoms with Crippen LogP contribution >= 0.6 is 0 Å². The summed E-state index contributed by atoms with van der Waals surface area (Å²) in [6.07, 6.45) is 4.36. The first kappa shape index (κ1) is 27.9. The highest BCUT2D eigenvalue weighted by Crippen LogP contribution is 2.31. The minimum absolute atomic E-state index is 0.260. The normalized spacial score (nSPS) is 11.4. The van der Waals surface area contributed by atoms with Gasteiger partial charge in [0.2, 0.25) is 5.91 Å². The number of hydrogen-bond acceptors (Lipinski definition) is 9. The molecule has 0 saturated heterocycles. The Balaban J connectivity index is 1.44. The Kier molecular flexibility index (Phi) is 8.99. The number of fused-ring (bicyclic) bond motifs is 1. The van der Waals surface area contributed by atoms with Crippen molar-refractivity contribution in [3.05, 3.63) is 66.6 Å². The third kappa shape index (κ3) is 7.91. The van der Waals surface area contributed by atoms with Gasteiger partial charge in [0.05, 0.1) is 12.1 Å². The van der Waals surface area contributed by atoms with Crippen molar-refractivity contribution in [2.75, 3.05) is 44.2 Å². The summed E-state index contributed by atoms with van der Waals surface area (Å²) in [5.41, 5.74) is 3.23. The fourth-order valence-electron chi connectivity index (χ4n) is 3.89. The zero-order chi connectivity index (χ0) is 27.8. The molecule has 2 aromatic carbocycles. The lowest BCUT2D eigenvalue weighted by Gasteiger charge is -2.14. The molecule has 0 aliphatic heterocycles. The number of nitrogens with zero attached hydrogens (tertiary/aromatic N) is 3. The number of benzene rings is 2. The Hall–Kier alpha value is -4.16. The number of carbonyl (C=O) groups is 1. The molecule has 1 amide bonds. The van der Waals surface area contributed by atoms with Crippen molar-refractivity contribution in [1.29, 1.82) is 0 Å². The Morgan fingerprint density at radius 2 is 1.87 bits per heavy atom. The van der Waals surface area contributed by atoms with Gasteiger partial charge in [0.1, 0.15) is 41.5 Å². The van der Waals surface area contributed by atoms with E-state index in [1.165, 1.54) is 6.33 Å². The van der Waals surface area contributed by atoms with Gasteiger partial charge in [0.25, 0.3) is 0 Å². The third-order valence-corrected chi connectivity index (χ3v) is 6.43. The molecule has 0 aliphatic carbocycles. The van der Waals surface area contributed by atoms with Crippen LogP contribution in [-0.2, 0) is 25.9 Å². The summed E-state index contributed by atoms with van der Waals surface area (Å²) in [7, 11) is -1.75. The largest absolute Gasteiger partial charge is 0.491 e. The van der Waals surface area contributed by atoms with Gasteiger partial charge >= 0.3 is 0 Å². The average molecular weight is 554 g/mol. The van der Waals surface area contributed by atoms with Gasteiger partial charge < -0.3 is 29.4 Å². The van der Waals surface area contributed by atoms with Crippen molar-refractivity contribution in [3.8, 4) is 17.2 Å². The SMILES string of the molecule is COCCOc1cccc(Oc2ccc(Nc3ncnc4ccn(CCNC(=O)CS(C)(=O)=O)c34)cc2C)c1. The van der Waals surface area contributed by atoms with E-state index in [0.29, 0.717) is 42.8 Å². The average Bonchev–Trinajstić information content (AvgIpc) is 3.29. The molecular formula is C27H31N5O6S. The zero-order valence-corrected chi connectivity index (χ0v) is 22.8. The number of ether oxygens (including phenoxy) is 3. The molecule has 4 rings (SSSR count). The molecule has 4 aromatic rings. The van der Waals surface area contributed by atoms with Gasteiger partial charge in [0, 0.05) is 44.4 Å². The molecular weight excluding hydrogens is 522 g/mol. The first-order chi connectivity index (χ1) is 18.7. The Morgan fingerprint density at radius 1 is 1.05 bits per heavy atom. The van der Waals surface area contributed by atoms with Crippen LogP contribution in [0.2, 0.25) is 0 Å². The van der Waals surface area contributed by atoms with Crippen molar-refractivity contribution >= 4 is 38.3 Å². The second-order valence-corrected chi connectivity index (χ2v) is 11.0. The van der Waals surface area contributed by atoms with Crippen molar-refractivity contribution in [2.45, 2.75) is 13.5 Å². The van der Waals surface area contributed by atoms with Gasteiger partial charge in [0.15, 0.2) is 15.7 Å². The second-order valence-electron chi connectivity index (χ2n) is 8.91. The number of sulfone groups is 1. The van der Waals surface area contributed by atoms with Crippen molar-refractivity contribution in [1.82, 2.24) is 19.9 Å². The van der Waals surface area contributed by atoms with Crippen LogP contribution < -0.4 is 20.1 Å². The number of anilines is 2. The van der Waals surface area contributed by atoms with Gasteiger partial charge in [-0.15, -0.1) is 0 Å². The highest BCUT2D eigenvalue weighted by atomic mass is 32.2. The van der Waals surface area contributed by atoms with Crippen LogP contribution in [0.5, 0.6) is 17.2 Å². The summed E-state index contributed by atoms with van der Waals surface area (Å²) in [4.78, 5) is 20.6. The molecule has 2 heterocycles. The summed E-state index contributed by atoms with van der Waals surface area (Å²) in [6, 6.07) is 15.0. The summed E-state index contributed by atoms with van der Waals surface area (Å²) >= 11 is 0. The molecule has 0 saturated carbocycles. The molecule has 0 unspecified atom stereocenters. The standard InChI is InChI=1S/C27H31N5O6S/c1-19-15-20(7-8-24(19)38-22-6-4-5-21(16-22)37-14-13-36-2)31-27-26-23(29-18-30-27)9-11-32(26)12-10-28-25(33)17-39(3,34)35/h4-9,11,15-16,18H,10,12-14,17H2,1-3H3,(H,28,33)(H,29,30,31). The van der Waals surface area contributed by atoms with E-state index in [9.17, 15) is 13.2 Å². The molecule has 0 radical (unpaired) electrons. The molecule has 206 valence electrons. The van der Waals surface area contributed by atoms with Crippen molar-refractivity contribution in [2.24, 2.45) is 0 Å². The highest BCUT2D eigenvalue weighted by molar-refractivity contribution is 7.91. The lowest BCUT2D eigenvalue weighted by molar-refractivity contribution is -0.118. The molecule has 12 heteroatoms. The van der Waals surface area contributed by atoms with Crippen LogP contribution in [0.15, 0.2) is 61.1 Å². The number of hydrogen-bond donors (Lipinski definition) is 2. The third-order valence-electron chi connectivity index (χ3n) is 5.65. The van der Waals surface area contributed by atoms with E-state index in [1.54, 1.807) is 7.11 Å². The van der Waals surface area contributed by atoms with Crippen LogP contribution in [0.4, 0.5) is 11.5 Å². The number of amides is 1. The maximum absolute atomic E-state index is 11.8. The molecule has 0 atom stereocenters. The van der Waals surface area contributed by atoms with Gasteiger partial charge in [-0.05, 0) is 48.9 Å². The first-order valence-corrected chi connectivity index (χ1v) is 14.3. The molecule has 39 heavy (non-hydrogen) atoms. The van der Waals surface area contributed by atoms with E-state index >= 15 is 0 Å². The van der Waals surface area contributed by atoms with Crippen molar-refractivity contribution < 1.29 is 27.4 Å². The minimum Gasteiger partial charge on any atom is -0.491 e. The van der Waals surface area contributed by atoms with E-state index in [4.69, 9.17) is 14.2 Å². The smallest absolute Gasteiger partial charge is 0.235 e. The van der Waals surface area contributed by atoms with E-state index in [2.05, 4.69) is 20.6 Å². The number of carbonyl (C=O) groups excluding carboxylic acids is 1. The fraction of sp³-hybridized carbons (Fsp3) is 0.296. The minimum atomic E-state index is -3.38. The highest BCUT2D eigenvalue weighted by Gasteiger charge is 2.13. The number of rotatable bonds is 13. The van der Waals surface area contributed by atoms with Gasteiger partial charge in [-0.2, -0.15) is 0 Å². The zero-order valence-electron chi connectivity index (χ0n) is 22.0. The van der Waals surface area contributed by atoms with Crippen LogP contribution in [0.3, 0.4) is 0 Å². The monoisotopic (exact) mass is 553 g/mol. The number of aromatic nitrogens is 3. The molecule has 2 N–H and O–H groups in total. The second kappa shape index (κ2) is 12.6. The van der Waals surface area contributed by atoms with Crippen LogP contribution in [0, 0.1) is 6.92 Å². The number of nitrogens with one attached hydrogen (secondary N) is 2. The molecule has 0 aliphatic rings. The Bertz CT molecular complexity index is 1550. The summed E-state index contributed by atoms with van der Waals surface area (Å²) < 4.78 is 41.3. The van der Waals surface area contributed by atoms with E-state index in [0.717, 1.165) is 28.5 Å². The van der Waals surface area contributed by atoms with Crippen LogP contribution in [0.25, 0.3) is 11.0 Å². The quantitative estimate of drug-likeness (QED) is 0.239. The van der Waals surface area contributed by atoms with Gasteiger partial charge in [-0.3, -0.25) is 4.79 Å². The van der Waals surface area contributed by atoms with E-state index in [-0.39, 0.29) is 6.54 Å². The fourth-order valence-corrected chi connectivity index (χ4v) is 4.47. The van der Waals surface area contributed by atoms with E-state index < -0.39 is 21.5 Å². The Morgan fingerprint density at radius 3 is 2.64 bits per heavy atom. The summed E-state index contributed by atoms with van der Waals surface area (Å²) in [5, 5.41) is 5.98. The molecule has 11 nitrogen and oxygen atoms in total. The number of aryl methyl sites for hydroxylation is 1. The predicted molar refractivity (Wildman–Crippen MR) is 149 cm³/mol. The summed E-state index contributed by atoms with van der Waals surface area (Å²) in [5.74, 6) is 1.59. The number of methoxy groups -OCH3 is 1. The molecule has 0 spiro atoms. The molecule has 0 bridgehead atoms. The topological polar surface area (TPSA) is 134 Å². The maximum atomic E-state index is 11.8. The van der Waals surface area contributed by atoms with Crippen molar-refractivity contribution in [3.63, 3.8) is 0 Å². The molecule has 0 fully saturated rings. The van der Waals surface area contributed by atoms with E-state index in [1.807, 2.05) is 66.2 Å². The Labute approximate surface area is 227 Å². The van der Waals surface area contributed by atoms with Crippen LogP contribution in [0.1, 0.15) is 5.56 Å². The first-order valence-electron chi connectivity index (χ1n) is 12.2. The summed E-state index contributed by atoms with van der Waals surface area (Å²) in [6.45, 7) is 3.59. The van der Waals surface area contributed by atoms with Gasteiger partial charge in [-0.1, -0.05) is 6.07 Å². The predicted octanol–water partition coefficient (Wildman–Crippen LogP) is 3.46. The lowest BCUT2D eigenvalue weighted by Crippen LogP contribution is -2.32.